The molecule has 0 heterocycles. The molecule has 0 bridgehead atoms. The first-order valence-electron chi connectivity index (χ1n) is 8.71. The second kappa shape index (κ2) is 10.8. The van der Waals surface area contributed by atoms with E-state index in [4.69, 9.17) is 18.0 Å². The molecule has 4 nitrogen and oxygen atoms in total. The lowest BCUT2D eigenvalue weighted by Gasteiger charge is -2.28. The Labute approximate surface area is 142 Å². The van der Waals surface area contributed by atoms with E-state index in [9.17, 15) is 0 Å². The second-order valence-electron chi connectivity index (χ2n) is 5.66. The highest BCUT2D eigenvalue weighted by Gasteiger charge is 2.39. The van der Waals surface area contributed by atoms with Crippen LogP contribution in [0.15, 0.2) is 24.3 Å². The summed E-state index contributed by atoms with van der Waals surface area (Å²) >= 11 is 0. The lowest BCUT2D eigenvalue weighted by atomic mass is 10.0. The van der Waals surface area contributed by atoms with Crippen molar-refractivity contribution in [3.05, 3.63) is 29.8 Å². The van der Waals surface area contributed by atoms with Crippen LogP contribution in [0.3, 0.4) is 0 Å². The first-order chi connectivity index (χ1) is 11.1. The van der Waals surface area contributed by atoms with Crippen molar-refractivity contribution in [1.29, 1.82) is 0 Å². The molecule has 0 aromatic heterocycles. The molecule has 0 aliphatic rings. The molecule has 0 atom stereocenters. The first-order valence-corrected chi connectivity index (χ1v) is 10.6. The van der Waals surface area contributed by atoms with Gasteiger partial charge in [0, 0.05) is 25.9 Å². The van der Waals surface area contributed by atoms with Gasteiger partial charge >= 0.3 is 8.80 Å². The first kappa shape index (κ1) is 20.2. The maximum Gasteiger partial charge on any atom is 0.501 e. The van der Waals surface area contributed by atoms with Crippen LogP contribution in [0.25, 0.3) is 0 Å². The lowest BCUT2D eigenvalue weighted by Crippen LogP contribution is -2.46. The molecule has 0 fully saturated rings. The number of ether oxygens (including phenoxy) is 1. The van der Waals surface area contributed by atoms with E-state index < -0.39 is 8.80 Å². The van der Waals surface area contributed by atoms with Gasteiger partial charge in [0.1, 0.15) is 5.75 Å². The summed E-state index contributed by atoms with van der Waals surface area (Å²) in [6, 6.07) is 9.10. The molecule has 0 spiro atoms. The van der Waals surface area contributed by atoms with Crippen molar-refractivity contribution >= 4 is 8.80 Å². The molecule has 1 aromatic rings. The molecule has 0 aliphatic heterocycles. The topological polar surface area (TPSA) is 36.9 Å². The number of hydrogen-bond donors (Lipinski definition) is 0. The van der Waals surface area contributed by atoms with Crippen LogP contribution in [-0.2, 0) is 13.3 Å². The van der Waals surface area contributed by atoms with Crippen LogP contribution in [0.5, 0.6) is 5.75 Å². The SMILES string of the molecule is CCO[Si](CCCOc1ccc(C(C)C)cc1)(OCC)OCC. The summed E-state index contributed by atoms with van der Waals surface area (Å²) < 4.78 is 23.4. The monoisotopic (exact) mass is 340 g/mol. The highest BCUT2D eigenvalue weighted by atomic mass is 28.4. The predicted octanol–water partition coefficient (Wildman–Crippen LogP) is 4.63. The molecule has 5 heteroatoms. The summed E-state index contributed by atoms with van der Waals surface area (Å²) in [4.78, 5) is 0. The molecule has 0 saturated carbocycles. The van der Waals surface area contributed by atoms with Crippen LogP contribution in [0.2, 0.25) is 6.04 Å². The van der Waals surface area contributed by atoms with Crippen molar-refractivity contribution in [2.24, 2.45) is 0 Å². The van der Waals surface area contributed by atoms with Crippen molar-refractivity contribution in [2.75, 3.05) is 26.4 Å². The molecule has 0 radical (unpaired) electrons. The smallest absolute Gasteiger partial charge is 0.494 e. The third-order valence-corrected chi connectivity index (χ3v) is 6.69. The summed E-state index contributed by atoms with van der Waals surface area (Å²) in [6.07, 6.45) is 0.859. The fraction of sp³-hybridized carbons (Fsp3) is 0.667. The minimum Gasteiger partial charge on any atom is -0.494 e. The summed E-state index contributed by atoms with van der Waals surface area (Å²) in [5.41, 5.74) is 1.33. The van der Waals surface area contributed by atoms with Crippen LogP contribution in [-0.4, -0.2) is 35.2 Å². The van der Waals surface area contributed by atoms with E-state index in [1.54, 1.807) is 0 Å². The summed E-state index contributed by atoms with van der Waals surface area (Å²) in [5, 5.41) is 0. The Balaban J connectivity index is 2.46. The Bertz CT molecular complexity index is 403. The Morgan fingerprint density at radius 3 is 1.83 bits per heavy atom. The molecule has 1 aromatic carbocycles. The number of hydrogen-bond acceptors (Lipinski definition) is 4. The van der Waals surface area contributed by atoms with E-state index in [0.717, 1.165) is 18.2 Å². The van der Waals surface area contributed by atoms with E-state index in [-0.39, 0.29) is 0 Å². The van der Waals surface area contributed by atoms with E-state index in [2.05, 4.69) is 26.0 Å². The molecule has 0 unspecified atom stereocenters. The van der Waals surface area contributed by atoms with Gasteiger partial charge in [0.05, 0.1) is 6.61 Å². The molecule has 0 amide bonds. The molecule has 0 N–H and O–H groups in total. The van der Waals surface area contributed by atoms with Gasteiger partial charge in [0.25, 0.3) is 0 Å². The van der Waals surface area contributed by atoms with Crippen molar-refractivity contribution in [3.8, 4) is 5.75 Å². The van der Waals surface area contributed by atoms with Crippen molar-refractivity contribution < 1.29 is 18.0 Å². The largest absolute Gasteiger partial charge is 0.501 e. The molecule has 23 heavy (non-hydrogen) atoms. The summed E-state index contributed by atoms with van der Waals surface area (Å²) in [6.45, 7) is 12.8. The number of rotatable bonds is 12. The average molecular weight is 341 g/mol. The van der Waals surface area contributed by atoms with Gasteiger partial charge in [-0.15, -0.1) is 0 Å². The Morgan fingerprint density at radius 1 is 0.870 bits per heavy atom. The highest BCUT2D eigenvalue weighted by Crippen LogP contribution is 2.21. The average Bonchev–Trinajstić information content (AvgIpc) is 2.53. The zero-order valence-electron chi connectivity index (χ0n) is 15.3. The van der Waals surface area contributed by atoms with Crippen LogP contribution in [0.1, 0.15) is 52.5 Å². The van der Waals surface area contributed by atoms with Crippen LogP contribution >= 0.6 is 0 Å². The Kier molecular flexibility index (Phi) is 9.48. The molecule has 132 valence electrons. The zero-order valence-corrected chi connectivity index (χ0v) is 16.3. The highest BCUT2D eigenvalue weighted by molar-refractivity contribution is 6.60. The third kappa shape index (κ3) is 7.04. The number of benzene rings is 1. The van der Waals surface area contributed by atoms with Crippen molar-refractivity contribution in [1.82, 2.24) is 0 Å². The van der Waals surface area contributed by atoms with Gasteiger partial charge in [-0.3, -0.25) is 0 Å². The van der Waals surface area contributed by atoms with E-state index in [1.807, 2.05) is 32.9 Å². The normalized spacial score (nSPS) is 11.9. The third-order valence-electron chi connectivity index (χ3n) is 3.54. The van der Waals surface area contributed by atoms with Gasteiger partial charge in [-0.2, -0.15) is 0 Å². The van der Waals surface area contributed by atoms with Crippen molar-refractivity contribution in [2.45, 2.75) is 53.0 Å². The van der Waals surface area contributed by atoms with Crippen LogP contribution in [0.4, 0.5) is 0 Å². The van der Waals surface area contributed by atoms with Gasteiger partial charge in [-0.05, 0) is 50.8 Å². The predicted molar refractivity (Wildman–Crippen MR) is 96.1 cm³/mol. The molecule has 0 aliphatic carbocycles. The minimum absolute atomic E-state index is 0.541. The molecular weight excluding hydrogens is 308 g/mol. The maximum atomic E-state index is 5.84. The van der Waals surface area contributed by atoms with Gasteiger partial charge < -0.3 is 18.0 Å². The fourth-order valence-electron chi connectivity index (χ4n) is 2.43. The van der Waals surface area contributed by atoms with Crippen LogP contribution < -0.4 is 4.74 Å². The lowest BCUT2D eigenvalue weighted by molar-refractivity contribution is 0.0696. The minimum atomic E-state index is -2.54. The Hall–Kier alpha value is -0.883. The molecular formula is C18H32O4Si. The maximum absolute atomic E-state index is 5.84. The van der Waals surface area contributed by atoms with Crippen molar-refractivity contribution in [3.63, 3.8) is 0 Å². The molecule has 1 rings (SSSR count). The van der Waals surface area contributed by atoms with E-state index in [1.165, 1.54) is 5.56 Å². The van der Waals surface area contributed by atoms with E-state index >= 15 is 0 Å². The Morgan fingerprint density at radius 2 is 1.39 bits per heavy atom. The van der Waals surface area contributed by atoms with Gasteiger partial charge in [-0.25, -0.2) is 0 Å². The van der Waals surface area contributed by atoms with Gasteiger partial charge in [0.2, 0.25) is 0 Å². The second-order valence-corrected chi connectivity index (χ2v) is 8.39. The quantitative estimate of drug-likeness (QED) is 0.411. The zero-order chi connectivity index (χ0) is 17.1. The standard InChI is InChI=1S/C18H32O4Si/c1-6-20-23(21-7-2,22-8-3)15-9-14-19-18-12-10-17(11-13-18)16(4)5/h10-13,16H,6-9,14-15H2,1-5H3. The van der Waals surface area contributed by atoms with Gasteiger partial charge in [-0.1, -0.05) is 26.0 Å². The summed E-state index contributed by atoms with van der Waals surface area (Å²) in [5.74, 6) is 1.45. The van der Waals surface area contributed by atoms with Gasteiger partial charge in [0.15, 0.2) is 0 Å². The summed E-state index contributed by atoms with van der Waals surface area (Å²) in [7, 11) is -2.54. The molecule has 0 saturated heterocycles. The van der Waals surface area contributed by atoms with Crippen LogP contribution in [0, 0.1) is 0 Å². The van der Waals surface area contributed by atoms with E-state index in [0.29, 0.717) is 32.3 Å². The fourth-order valence-corrected chi connectivity index (χ4v) is 5.01.